The van der Waals surface area contributed by atoms with Gasteiger partial charge in [-0.25, -0.2) is 4.98 Å². The first-order valence-electron chi connectivity index (χ1n) is 11.4. The number of dihydropyridines is 1. The van der Waals surface area contributed by atoms with Crippen molar-refractivity contribution >= 4 is 30.2 Å². The van der Waals surface area contributed by atoms with Gasteiger partial charge in [0.2, 0.25) is 0 Å². The van der Waals surface area contributed by atoms with Crippen molar-refractivity contribution in [3.05, 3.63) is 35.2 Å². The average Bonchev–Trinajstić information content (AvgIpc) is 3.22. The second-order valence-corrected chi connectivity index (χ2v) is 12.9. The van der Waals surface area contributed by atoms with Crippen molar-refractivity contribution in [2.75, 3.05) is 6.61 Å². The van der Waals surface area contributed by atoms with Crippen molar-refractivity contribution in [1.82, 2.24) is 10.3 Å². The van der Waals surface area contributed by atoms with E-state index in [1.54, 1.807) is 11.3 Å². The number of nitrogens with zero attached hydrogens (tertiary/aromatic N) is 1. The van der Waals surface area contributed by atoms with Crippen molar-refractivity contribution in [3.8, 4) is 0 Å². The molecule has 10 heteroatoms. The van der Waals surface area contributed by atoms with E-state index in [-0.39, 0.29) is 30.4 Å². The van der Waals surface area contributed by atoms with E-state index in [0.29, 0.717) is 13.0 Å². The van der Waals surface area contributed by atoms with Crippen LogP contribution in [0.25, 0.3) is 0 Å². The lowest BCUT2D eigenvalue weighted by Gasteiger charge is -2.32. The van der Waals surface area contributed by atoms with E-state index < -0.39 is 11.0 Å². The molecule has 1 aromatic rings. The van der Waals surface area contributed by atoms with Crippen molar-refractivity contribution in [2.45, 2.75) is 100 Å². The number of thioether (sulfide) groups is 1. The summed E-state index contributed by atoms with van der Waals surface area (Å²) in [6, 6.07) is 0. The van der Waals surface area contributed by atoms with Crippen LogP contribution in [0.15, 0.2) is 33.8 Å². The molecule has 0 radical (unpaired) electrons. The number of nitrogens with one attached hydrogen (secondary N) is 1. The quantitative estimate of drug-likeness (QED) is 0.282. The van der Waals surface area contributed by atoms with Crippen LogP contribution in [-0.2, 0) is 25.2 Å². The van der Waals surface area contributed by atoms with Crippen LogP contribution in [0.1, 0.15) is 61.1 Å². The molecule has 33 heavy (non-hydrogen) atoms. The number of ether oxygens (including phenoxy) is 2. The van der Waals surface area contributed by atoms with Gasteiger partial charge in [0.25, 0.3) is 0 Å². The Morgan fingerprint density at radius 3 is 2.52 bits per heavy atom. The number of aliphatic hydroxyl groups excluding tert-OH is 1. The third kappa shape index (κ3) is 6.77. The van der Waals surface area contributed by atoms with Gasteiger partial charge in [0.05, 0.1) is 40.3 Å². The van der Waals surface area contributed by atoms with Crippen molar-refractivity contribution < 1.29 is 23.9 Å². The minimum atomic E-state index is -0.864. The molecule has 1 unspecified atom stereocenters. The fraction of sp³-hybridized carbons (Fsp3) is 0.696. The second kappa shape index (κ2) is 10.3. The third-order valence-corrected chi connectivity index (χ3v) is 8.17. The lowest BCUT2D eigenvalue weighted by atomic mass is 9.77. The smallest absolute Gasteiger partial charge is 0.485 e. The topological polar surface area (TPSA) is 82.1 Å². The molecule has 1 fully saturated rings. The minimum absolute atomic E-state index is 0.0336. The maximum atomic E-state index is 10.3. The van der Waals surface area contributed by atoms with Gasteiger partial charge in [0.1, 0.15) is 5.76 Å². The summed E-state index contributed by atoms with van der Waals surface area (Å²) in [6.45, 7) is 16.5. The molecule has 0 bridgehead atoms. The molecule has 0 aliphatic carbocycles. The standard InChI is InChI=1S/C23H37BN2O5S2/c1-15(2)29-19(27)21(3,4)33-20-26-16(14-32-20)11-12-28-17-9-10-18(25-13-17)24-30-22(5,6)23(7,8)31-24/h9-10,13-15,18-19,25,27H,11-12H2,1-8H3/t18-,19?/m1/s1. The van der Waals surface area contributed by atoms with E-state index in [4.69, 9.17) is 18.8 Å². The molecule has 0 spiro atoms. The number of hydrogen-bond donors (Lipinski definition) is 2. The van der Waals surface area contributed by atoms with E-state index in [1.807, 2.05) is 51.4 Å². The zero-order valence-corrected chi connectivity index (χ0v) is 22.5. The van der Waals surface area contributed by atoms with Gasteiger partial charge in [0, 0.05) is 18.0 Å². The SMILES string of the molecule is CC(C)OC(O)C(C)(C)Sc1nc(CCOC2=CN[C@@H](B3OC(C)(C)C(C)(C)O3)C=C2)cs1. The van der Waals surface area contributed by atoms with Gasteiger partial charge in [-0.15, -0.1) is 11.3 Å². The van der Waals surface area contributed by atoms with Gasteiger partial charge in [-0.1, -0.05) is 17.8 Å². The highest BCUT2D eigenvalue weighted by Gasteiger charge is 2.53. The molecule has 0 saturated carbocycles. The normalized spacial score (nSPS) is 22.9. The lowest BCUT2D eigenvalue weighted by molar-refractivity contribution is -0.139. The van der Waals surface area contributed by atoms with E-state index in [9.17, 15) is 5.11 Å². The van der Waals surface area contributed by atoms with Crippen molar-refractivity contribution in [1.29, 1.82) is 0 Å². The summed E-state index contributed by atoms with van der Waals surface area (Å²) in [5.74, 6) is 0.706. The average molecular weight is 497 g/mol. The van der Waals surface area contributed by atoms with Gasteiger partial charge in [0.15, 0.2) is 10.6 Å². The Kier molecular flexibility index (Phi) is 8.29. The van der Waals surface area contributed by atoms with Crippen LogP contribution in [-0.4, -0.2) is 58.1 Å². The summed E-state index contributed by atoms with van der Waals surface area (Å²) in [5, 5.41) is 15.7. The van der Waals surface area contributed by atoms with Crippen LogP contribution in [0, 0.1) is 0 Å². The molecule has 0 amide bonds. The number of aliphatic hydroxyl groups is 1. The Hall–Kier alpha value is -1.04. The summed E-state index contributed by atoms with van der Waals surface area (Å²) < 4.78 is 24.1. The van der Waals surface area contributed by atoms with Crippen LogP contribution >= 0.6 is 23.1 Å². The van der Waals surface area contributed by atoms with Crippen LogP contribution < -0.4 is 5.32 Å². The molecule has 1 saturated heterocycles. The predicted molar refractivity (Wildman–Crippen MR) is 134 cm³/mol. The Bertz CT molecular complexity index is 853. The molecular weight excluding hydrogens is 459 g/mol. The molecular formula is C23H37BN2O5S2. The van der Waals surface area contributed by atoms with Crippen LogP contribution in [0.4, 0.5) is 0 Å². The van der Waals surface area contributed by atoms with Crippen LogP contribution in [0.2, 0.25) is 0 Å². The van der Waals surface area contributed by atoms with E-state index in [1.165, 1.54) is 11.8 Å². The van der Waals surface area contributed by atoms with Crippen LogP contribution in [0.5, 0.6) is 0 Å². The molecule has 0 aromatic carbocycles. The maximum Gasteiger partial charge on any atom is 0.485 e. The number of aromatic nitrogens is 1. The molecule has 3 heterocycles. The molecule has 2 aliphatic heterocycles. The minimum Gasteiger partial charge on any atom is -0.492 e. The fourth-order valence-electron chi connectivity index (χ4n) is 3.20. The van der Waals surface area contributed by atoms with Gasteiger partial charge >= 0.3 is 7.12 Å². The summed E-state index contributed by atoms with van der Waals surface area (Å²) >= 11 is 3.10. The van der Waals surface area contributed by atoms with Gasteiger partial charge < -0.3 is 29.2 Å². The zero-order chi connectivity index (χ0) is 24.4. The Morgan fingerprint density at radius 2 is 1.94 bits per heavy atom. The largest absolute Gasteiger partial charge is 0.492 e. The first-order chi connectivity index (χ1) is 15.3. The van der Waals surface area contributed by atoms with E-state index >= 15 is 0 Å². The number of thiazole rings is 1. The maximum absolute atomic E-state index is 10.3. The summed E-state index contributed by atoms with van der Waals surface area (Å²) in [6.07, 6.45) is 5.63. The first-order valence-corrected chi connectivity index (χ1v) is 13.1. The van der Waals surface area contributed by atoms with Crippen molar-refractivity contribution in [2.24, 2.45) is 0 Å². The van der Waals surface area contributed by atoms with Crippen LogP contribution in [0.3, 0.4) is 0 Å². The molecule has 184 valence electrons. The molecule has 2 atom stereocenters. The van der Waals surface area contributed by atoms with Gasteiger partial charge in [-0.05, 0) is 61.5 Å². The molecule has 1 aromatic heterocycles. The Morgan fingerprint density at radius 1 is 1.27 bits per heavy atom. The summed E-state index contributed by atoms with van der Waals surface area (Å²) in [5.41, 5.74) is 0.265. The van der Waals surface area contributed by atoms with E-state index in [2.05, 4.69) is 38.0 Å². The first kappa shape index (κ1) is 26.6. The highest BCUT2D eigenvalue weighted by molar-refractivity contribution is 8.02. The molecule has 3 rings (SSSR count). The Balaban J connectivity index is 1.43. The number of allylic oxidation sites excluding steroid dienone is 1. The highest BCUT2D eigenvalue weighted by Crippen LogP contribution is 2.39. The van der Waals surface area contributed by atoms with Gasteiger partial charge in [-0.2, -0.15) is 0 Å². The van der Waals surface area contributed by atoms with E-state index in [0.717, 1.165) is 15.8 Å². The van der Waals surface area contributed by atoms with Crippen molar-refractivity contribution in [3.63, 3.8) is 0 Å². The third-order valence-electron chi connectivity index (χ3n) is 5.95. The van der Waals surface area contributed by atoms with Gasteiger partial charge in [-0.3, -0.25) is 0 Å². The molecule has 7 nitrogen and oxygen atoms in total. The Labute approximate surface area is 206 Å². The number of hydrogen-bond acceptors (Lipinski definition) is 9. The summed E-state index contributed by atoms with van der Waals surface area (Å²) in [4.78, 5) is 4.68. The fourth-order valence-corrected chi connectivity index (χ4v) is 5.52. The number of rotatable bonds is 10. The lowest BCUT2D eigenvalue weighted by Crippen LogP contribution is -2.43. The second-order valence-electron chi connectivity index (χ2n) is 10.2. The molecule has 2 N–H and O–H groups in total. The molecule has 2 aliphatic rings. The highest BCUT2D eigenvalue weighted by atomic mass is 32.2. The summed E-state index contributed by atoms with van der Waals surface area (Å²) in [7, 11) is -0.344. The zero-order valence-electron chi connectivity index (χ0n) is 20.9. The predicted octanol–water partition coefficient (Wildman–Crippen LogP) is 4.32. The monoisotopic (exact) mass is 496 g/mol.